The van der Waals surface area contributed by atoms with Crippen LogP contribution in [0.2, 0.25) is 0 Å². The molecule has 0 aliphatic rings. The zero-order chi connectivity index (χ0) is 41.0. The number of rotatable bonds is 7. The van der Waals surface area contributed by atoms with Gasteiger partial charge in [0.25, 0.3) is 0 Å². The predicted molar refractivity (Wildman–Crippen MR) is 250 cm³/mol. The Morgan fingerprint density at radius 3 is 1.08 bits per heavy atom. The summed E-state index contributed by atoms with van der Waals surface area (Å²) in [6.07, 6.45) is 0. The predicted octanol–water partition coefficient (Wildman–Crippen LogP) is 14.7. The second kappa shape index (κ2) is 14.7. The molecule has 0 aliphatic carbocycles. The first-order chi connectivity index (χ1) is 30.7. The van der Waals surface area contributed by atoms with Gasteiger partial charge in [-0.3, -0.25) is 0 Å². The molecular formula is C56H34N4O2. The van der Waals surface area contributed by atoms with Crippen molar-refractivity contribution in [1.29, 1.82) is 0 Å². The van der Waals surface area contributed by atoms with Crippen LogP contribution in [0.1, 0.15) is 0 Å². The molecule has 0 N–H and O–H groups in total. The first-order valence-corrected chi connectivity index (χ1v) is 20.6. The summed E-state index contributed by atoms with van der Waals surface area (Å²) in [5.41, 5.74) is 15.7. The zero-order valence-corrected chi connectivity index (χ0v) is 33.2. The van der Waals surface area contributed by atoms with E-state index in [2.05, 4.69) is 146 Å². The molecule has 4 heterocycles. The Hall–Kier alpha value is -8.48. The maximum Gasteiger partial charge on any atom is 0.180 e. The normalized spacial score (nSPS) is 11.5. The summed E-state index contributed by atoms with van der Waals surface area (Å²) in [6.45, 7) is 0. The van der Waals surface area contributed by atoms with Crippen LogP contribution in [0, 0.1) is 0 Å². The summed E-state index contributed by atoms with van der Waals surface area (Å²) >= 11 is 0. The van der Waals surface area contributed by atoms with Gasteiger partial charge in [-0.1, -0.05) is 170 Å². The number of fused-ring (bicyclic) bond motifs is 6. The average Bonchev–Trinajstić information content (AvgIpc) is 3.93. The van der Waals surface area contributed by atoms with Gasteiger partial charge in [0.1, 0.15) is 33.6 Å². The minimum absolute atomic E-state index is 0.613. The van der Waals surface area contributed by atoms with E-state index in [1.807, 2.05) is 60.7 Å². The van der Waals surface area contributed by atoms with Crippen molar-refractivity contribution in [2.45, 2.75) is 0 Å². The monoisotopic (exact) mass is 794 g/mol. The van der Waals surface area contributed by atoms with E-state index >= 15 is 0 Å². The highest BCUT2D eigenvalue weighted by Gasteiger charge is 2.24. The van der Waals surface area contributed by atoms with Crippen LogP contribution in [0.25, 0.3) is 123 Å². The van der Waals surface area contributed by atoms with E-state index in [1.165, 1.54) is 0 Å². The Balaban J connectivity index is 1.08. The van der Waals surface area contributed by atoms with E-state index in [0.717, 1.165) is 88.6 Å². The molecule has 12 aromatic rings. The van der Waals surface area contributed by atoms with Gasteiger partial charge in [0, 0.05) is 33.0 Å². The van der Waals surface area contributed by atoms with Crippen molar-refractivity contribution in [1.82, 2.24) is 19.9 Å². The van der Waals surface area contributed by atoms with E-state index in [9.17, 15) is 0 Å². The van der Waals surface area contributed by atoms with Gasteiger partial charge in [-0.15, -0.1) is 0 Å². The lowest BCUT2D eigenvalue weighted by atomic mass is 9.91. The van der Waals surface area contributed by atoms with Crippen molar-refractivity contribution >= 4 is 44.1 Å². The van der Waals surface area contributed by atoms with Gasteiger partial charge < -0.3 is 8.83 Å². The van der Waals surface area contributed by atoms with Crippen LogP contribution in [-0.4, -0.2) is 19.9 Å². The Kier molecular flexibility index (Phi) is 8.38. The molecule has 0 saturated carbocycles. The first-order valence-electron chi connectivity index (χ1n) is 20.6. The first kappa shape index (κ1) is 35.5. The number of aromatic nitrogens is 4. The Morgan fingerprint density at radius 1 is 0.274 bits per heavy atom. The van der Waals surface area contributed by atoms with Crippen LogP contribution >= 0.6 is 0 Å². The molecule has 0 unspecified atom stereocenters. The fourth-order valence-corrected chi connectivity index (χ4v) is 8.59. The third-order valence-electron chi connectivity index (χ3n) is 11.5. The largest absolute Gasteiger partial charge is 0.452 e. The standard InChI is InChI=1S/C56H34N4O2/c1-3-17-35(18-4-1)37-21-15-23-39(33-37)55-57-49(53-51(59-55)45-29-11-13-31-47(45)61-53)43-27-9-7-25-41(43)42-26-8-10-28-44(42)50-54-52(46-30-12-14-32-48(46)62-54)60-56(58-50)40-24-16-22-38(34-40)36-19-5-2-6-20-36/h1-34H. The van der Waals surface area contributed by atoms with Crippen LogP contribution in [-0.2, 0) is 0 Å². The topological polar surface area (TPSA) is 77.8 Å². The number of para-hydroxylation sites is 2. The maximum absolute atomic E-state index is 6.66. The fraction of sp³-hybridized carbons (Fsp3) is 0. The number of hydrogen-bond donors (Lipinski definition) is 0. The molecule has 62 heavy (non-hydrogen) atoms. The van der Waals surface area contributed by atoms with Gasteiger partial charge in [0.2, 0.25) is 0 Å². The molecular weight excluding hydrogens is 761 g/mol. The third-order valence-corrected chi connectivity index (χ3v) is 11.5. The average molecular weight is 795 g/mol. The number of furan rings is 2. The molecule has 290 valence electrons. The Labute approximate surface area is 356 Å². The highest BCUT2D eigenvalue weighted by molar-refractivity contribution is 6.11. The second-order valence-corrected chi connectivity index (χ2v) is 15.3. The summed E-state index contributed by atoms with van der Waals surface area (Å²) in [5.74, 6) is 1.23. The van der Waals surface area contributed by atoms with E-state index in [-0.39, 0.29) is 0 Å². The lowest BCUT2D eigenvalue weighted by Gasteiger charge is -2.15. The molecule has 0 aliphatic heterocycles. The quantitative estimate of drug-likeness (QED) is 0.160. The molecule has 0 amide bonds. The van der Waals surface area contributed by atoms with Crippen LogP contribution in [0.15, 0.2) is 215 Å². The summed E-state index contributed by atoms with van der Waals surface area (Å²) in [6, 6.07) is 70.4. The molecule has 0 bridgehead atoms. The molecule has 6 heteroatoms. The number of nitrogens with zero attached hydrogens (tertiary/aromatic N) is 4. The second-order valence-electron chi connectivity index (χ2n) is 15.3. The highest BCUT2D eigenvalue weighted by atomic mass is 16.3. The minimum atomic E-state index is 0.613. The van der Waals surface area contributed by atoms with Crippen molar-refractivity contribution < 1.29 is 8.83 Å². The van der Waals surface area contributed by atoms with Crippen LogP contribution in [0.3, 0.4) is 0 Å². The molecule has 0 saturated heterocycles. The molecule has 12 rings (SSSR count). The van der Waals surface area contributed by atoms with E-state index in [4.69, 9.17) is 28.8 Å². The Bertz CT molecular complexity index is 3410. The number of benzene rings is 8. The van der Waals surface area contributed by atoms with E-state index in [1.54, 1.807) is 0 Å². The molecule has 8 aromatic carbocycles. The van der Waals surface area contributed by atoms with Crippen molar-refractivity contribution in [3.05, 3.63) is 206 Å². The van der Waals surface area contributed by atoms with Crippen molar-refractivity contribution in [3.8, 4) is 78.7 Å². The number of hydrogen-bond acceptors (Lipinski definition) is 6. The summed E-state index contributed by atoms with van der Waals surface area (Å²) < 4.78 is 13.3. The fourth-order valence-electron chi connectivity index (χ4n) is 8.59. The zero-order valence-electron chi connectivity index (χ0n) is 33.2. The molecule has 4 aromatic heterocycles. The summed E-state index contributed by atoms with van der Waals surface area (Å²) in [4.78, 5) is 21.2. The highest BCUT2D eigenvalue weighted by Crippen LogP contribution is 2.44. The molecule has 0 spiro atoms. The van der Waals surface area contributed by atoms with Gasteiger partial charge in [-0.25, -0.2) is 19.9 Å². The lowest BCUT2D eigenvalue weighted by Crippen LogP contribution is -1.98. The van der Waals surface area contributed by atoms with Crippen molar-refractivity contribution in [2.75, 3.05) is 0 Å². The molecule has 0 radical (unpaired) electrons. The molecule has 6 nitrogen and oxygen atoms in total. The van der Waals surface area contributed by atoms with Gasteiger partial charge in [0.05, 0.1) is 0 Å². The SMILES string of the molecule is c1ccc(-c2cccc(-c3nc(-c4ccccc4-c4ccccc4-c4nc(-c5cccc(-c6ccccc6)c5)nc5c4oc4ccccc45)c4oc5ccccc5c4n3)c2)cc1. The summed E-state index contributed by atoms with van der Waals surface area (Å²) in [5, 5.41) is 1.86. The van der Waals surface area contributed by atoms with Crippen molar-refractivity contribution in [2.24, 2.45) is 0 Å². The van der Waals surface area contributed by atoms with Gasteiger partial charge in [0.15, 0.2) is 22.8 Å². The molecule has 0 fully saturated rings. The van der Waals surface area contributed by atoms with Gasteiger partial charge in [-0.05, 0) is 69.8 Å². The van der Waals surface area contributed by atoms with E-state index < -0.39 is 0 Å². The smallest absolute Gasteiger partial charge is 0.180 e. The maximum atomic E-state index is 6.66. The van der Waals surface area contributed by atoms with Gasteiger partial charge in [-0.2, -0.15) is 0 Å². The minimum Gasteiger partial charge on any atom is -0.452 e. The van der Waals surface area contributed by atoms with Crippen molar-refractivity contribution in [3.63, 3.8) is 0 Å². The van der Waals surface area contributed by atoms with Crippen LogP contribution in [0.4, 0.5) is 0 Å². The van der Waals surface area contributed by atoms with Gasteiger partial charge >= 0.3 is 0 Å². The lowest BCUT2D eigenvalue weighted by molar-refractivity contribution is 0.667. The Morgan fingerprint density at radius 2 is 0.629 bits per heavy atom. The van der Waals surface area contributed by atoms with E-state index in [0.29, 0.717) is 34.2 Å². The third kappa shape index (κ3) is 6.04. The molecule has 0 atom stereocenters. The van der Waals surface area contributed by atoms with Crippen LogP contribution in [0.5, 0.6) is 0 Å². The summed E-state index contributed by atoms with van der Waals surface area (Å²) in [7, 11) is 0. The van der Waals surface area contributed by atoms with Crippen LogP contribution < -0.4 is 0 Å².